The van der Waals surface area contributed by atoms with Gasteiger partial charge >= 0.3 is 0 Å². The normalized spacial score (nSPS) is 12.0. The number of sulfonamides is 1. The van der Waals surface area contributed by atoms with Crippen LogP contribution in [0.2, 0.25) is 0 Å². The largest absolute Gasteiger partial charge is 0.398 e. The molecule has 0 atom stereocenters. The molecule has 0 amide bonds. The fourth-order valence-corrected chi connectivity index (χ4v) is 2.88. The standard InChI is InChI=1S/C13H21BrN2O3S/c1-10(2)19-8-4-3-7-16-20(17,18)11-5-6-12(14)13(15)9-11/h5-6,9-10,16H,3-4,7-8,15H2,1-2H3. The Kier molecular flexibility index (Phi) is 6.94. The van der Waals surface area contributed by atoms with Gasteiger partial charge < -0.3 is 10.5 Å². The zero-order valence-corrected chi connectivity index (χ0v) is 14.1. The van der Waals surface area contributed by atoms with Gasteiger partial charge in [0.1, 0.15) is 0 Å². The molecule has 20 heavy (non-hydrogen) atoms. The lowest BCUT2D eigenvalue weighted by Crippen LogP contribution is -2.25. The van der Waals surface area contributed by atoms with E-state index < -0.39 is 10.0 Å². The average Bonchev–Trinajstić information content (AvgIpc) is 2.36. The lowest BCUT2D eigenvalue weighted by molar-refractivity contribution is 0.0762. The van der Waals surface area contributed by atoms with Crippen molar-refractivity contribution in [1.82, 2.24) is 4.72 Å². The molecule has 0 heterocycles. The number of hydrogen-bond donors (Lipinski definition) is 2. The zero-order chi connectivity index (χ0) is 15.2. The summed E-state index contributed by atoms with van der Waals surface area (Å²) in [5.74, 6) is 0. The number of halogens is 1. The topological polar surface area (TPSA) is 81.4 Å². The lowest BCUT2D eigenvalue weighted by Gasteiger charge is -2.09. The van der Waals surface area contributed by atoms with Crippen molar-refractivity contribution in [2.45, 2.75) is 37.7 Å². The van der Waals surface area contributed by atoms with E-state index in [2.05, 4.69) is 20.7 Å². The van der Waals surface area contributed by atoms with E-state index in [0.717, 1.165) is 12.8 Å². The summed E-state index contributed by atoms with van der Waals surface area (Å²) in [6, 6.07) is 4.58. The summed E-state index contributed by atoms with van der Waals surface area (Å²) in [5.41, 5.74) is 6.09. The van der Waals surface area contributed by atoms with Crippen molar-refractivity contribution in [2.24, 2.45) is 0 Å². The summed E-state index contributed by atoms with van der Waals surface area (Å²) >= 11 is 3.23. The van der Waals surface area contributed by atoms with Crippen molar-refractivity contribution in [3.63, 3.8) is 0 Å². The van der Waals surface area contributed by atoms with Gasteiger partial charge in [0, 0.05) is 23.3 Å². The summed E-state index contributed by atoms with van der Waals surface area (Å²) in [6.45, 7) is 4.98. The fraction of sp³-hybridized carbons (Fsp3) is 0.538. The predicted octanol–water partition coefficient (Wildman–Crippen LogP) is 2.51. The number of ether oxygens (including phenoxy) is 1. The summed E-state index contributed by atoms with van der Waals surface area (Å²) in [7, 11) is -3.49. The van der Waals surface area contributed by atoms with Gasteiger partial charge in [0.2, 0.25) is 10.0 Å². The summed E-state index contributed by atoms with van der Waals surface area (Å²) < 4.78 is 32.7. The number of nitrogens with one attached hydrogen (secondary N) is 1. The molecular formula is C13H21BrN2O3S. The minimum absolute atomic E-state index is 0.177. The second-order valence-corrected chi connectivity index (χ2v) is 7.33. The van der Waals surface area contributed by atoms with Crippen molar-refractivity contribution >= 4 is 31.6 Å². The van der Waals surface area contributed by atoms with E-state index in [1.54, 1.807) is 6.07 Å². The smallest absolute Gasteiger partial charge is 0.240 e. The molecular weight excluding hydrogens is 344 g/mol. The van der Waals surface area contributed by atoms with Crippen LogP contribution in [0.5, 0.6) is 0 Å². The van der Waals surface area contributed by atoms with E-state index in [-0.39, 0.29) is 11.0 Å². The lowest BCUT2D eigenvalue weighted by atomic mass is 10.3. The molecule has 1 rings (SSSR count). The average molecular weight is 365 g/mol. The van der Waals surface area contributed by atoms with Crippen molar-refractivity contribution in [3.05, 3.63) is 22.7 Å². The third-order valence-corrected chi connectivity index (χ3v) is 4.77. The van der Waals surface area contributed by atoms with Crippen molar-refractivity contribution in [1.29, 1.82) is 0 Å². The highest BCUT2D eigenvalue weighted by Gasteiger charge is 2.14. The maximum absolute atomic E-state index is 12.0. The Labute approximate surface area is 129 Å². The van der Waals surface area contributed by atoms with Gasteiger partial charge in [-0.15, -0.1) is 0 Å². The molecule has 0 radical (unpaired) electrons. The fourth-order valence-electron chi connectivity index (χ4n) is 1.52. The Hall–Kier alpha value is -0.630. The Bertz CT molecular complexity index is 532. The van der Waals surface area contributed by atoms with Crippen LogP contribution in [0.1, 0.15) is 26.7 Å². The number of benzene rings is 1. The SMILES string of the molecule is CC(C)OCCCCNS(=O)(=O)c1ccc(Br)c(N)c1. The van der Waals surface area contributed by atoms with Crippen LogP contribution in [0, 0.1) is 0 Å². The summed E-state index contributed by atoms with van der Waals surface area (Å²) in [4.78, 5) is 0.177. The van der Waals surface area contributed by atoms with Crippen LogP contribution in [0.3, 0.4) is 0 Å². The molecule has 5 nitrogen and oxygen atoms in total. The molecule has 0 spiro atoms. The van der Waals surface area contributed by atoms with Gasteiger partial charge in [0.25, 0.3) is 0 Å². The molecule has 3 N–H and O–H groups in total. The van der Waals surface area contributed by atoms with Crippen LogP contribution in [0.15, 0.2) is 27.6 Å². The molecule has 0 bridgehead atoms. The van der Waals surface area contributed by atoms with Crippen LogP contribution >= 0.6 is 15.9 Å². The number of rotatable bonds is 8. The summed E-state index contributed by atoms with van der Waals surface area (Å²) in [6.07, 6.45) is 1.76. The molecule has 7 heteroatoms. The first-order valence-corrected chi connectivity index (χ1v) is 8.77. The monoisotopic (exact) mass is 364 g/mol. The first-order valence-electron chi connectivity index (χ1n) is 6.49. The molecule has 0 aliphatic heterocycles. The third kappa shape index (κ3) is 5.78. The molecule has 0 saturated heterocycles. The van der Waals surface area contributed by atoms with Gasteiger partial charge in [0.05, 0.1) is 11.0 Å². The van der Waals surface area contributed by atoms with Gasteiger partial charge in [-0.25, -0.2) is 13.1 Å². The van der Waals surface area contributed by atoms with Gasteiger partial charge in [-0.1, -0.05) is 0 Å². The number of anilines is 1. The molecule has 0 aliphatic carbocycles. The first-order chi connectivity index (χ1) is 9.33. The van der Waals surface area contributed by atoms with Crippen molar-refractivity contribution < 1.29 is 13.2 Å². The Balaban J connectivity index is 2.43. The highest BCUT2D eigenvalue weighted by molar-refractivity contribution is 9.10. The Morgan fingerprint density at radius 3 is 2.65 bits per heavy atom. The number of unbranched alkanes of at least 4 members (excludes halogenated alkanes) is 1. The van der Waals surface area contributed by atoms with Crippen LogP contribution in [-0.4, -0.2) is 27.7 Å². The Morgan fingerprint density at radius 1 is 1.35 bits per heavy atom. The molecule has 1 aromatic rings. The predicted molar refractivity (Wildman–Crippen MR) is 84.1 cm³/mol. The van der Waals surface area contributed by atoms with Crippen LogP contribution in [0.4, 0.5) is 5.69 Å². The van der Waals surface area contributed by atoms with E-state index in [4.69, 9.17) is 10.5 Å². The molecule has 0 aliphatic rings. The van der Waals surface area contributed by atoms with E-state index in [0.29, 0.717) is 23.3 Å². The van der Waals surface area contributed by atoms with E-state index in [9.17, 15) is 8.42 Å². The van der Waals surface area contributed by atoms with Gasteiger partial charge in [-0.2, -0.15) is 0 Å². The molecule has 0 fully saturated rings. The minimum atomic E-state index is -3.49. The minimum Gasteiger partial charge on any atom is -0.398 e. The second kappa shape index (κ2) is 7.97. The second-order valence-electron chi connectivity index (χ2n) is 4.71. The zero-order valence-electron chi connectivity index (χ0n) is 11.7. The molecule has 1 aromatic carbocycles. The van der Waals surface area contributed by atoms with E-state index in [1.165, 1.54) is 12.1 Å². The maximum Gasteiger partial charge on any atom is 0.240 e. The summed E-state index contributed by atoms with van der Waals surface area (Å²) in [5, 5.41) is 0. The third-order valence-electron chi connectivity index (χ3n) is 2.59. The highest BCUT2D eigenvalue weighted by Crippen LogP contribution is 2.22. The Morgan fingerprint density at radius 2 is 2.05 bits per heavy atom. The quantitative estimate of drug-likeness (QED) is 0.548. The molecule has 114 valence electrons. The van der Waals surface area contributed by atoms with Gasteiger partial charge in [-0.3, -0.25) is 0 Å². The molecule has 0 aromatic heterocycles. The van der Waals surface area contributed by atoms with Gasteiger partial charge in [0.15, 0.2) is 0 Å². The number of nitrogen functional groups attached to an aromatic ring is 1. The van der Waals surface area contributed by atoms with E-state index in [1.807, 2.05) is 13.8 Å². The number of hydrogen-bond acceptors (Lipinski definition) is 4. The molecule has 0 saturated carbocycles. The van der Waals surface area contributed by atoms with Crippen LogP contribution in [0.25, 0.3) is 0 Å². The van der Waals surface area contributed by atoms with Crippen LogP contribution in [-0.2, 0) is 14.8 Å². The maximum atomic E-state index is 12.0. The molecule has 0 unspecified atom stereocenters. The van der Waals surface area contributed by atoms with Crippen molar-refractivity contribution in [3.8, 4) is 0 Å². The highest BCUT2D eigenvalue weighted by atomic mass is 79.9. The van der Waals surface area contributed by atoms with Gasteiger partial charge in [-0.05, 0) is 60.8 Å². The number of nitrogens with two attached hydrogens (primary N) is 1. The van der Waals surface area contributed by atoms with Crippen LogP contribution < -0.4 is 10.5 Å². The van der Waals surface area contributed by atoms with Crippen molar-refractivity contribution in [2.75, 3.05) is 18.9 Å². The van der Waals surface area contributed by atoms with E-state index >= 15 is 0 Å². The first kappa shape index (κ1) is 17.4.